The maximum absolute atomic E-state index is 11.2. The lowest BCUT2D eigenvalue weighted by molar-refractivity contribution is -0.116. The van der Waals surface area contributed by atoms with E-state index in [4.69, 9.17) is 5.11 Å². The Morgan fingerprint density at radius 2 is 2.06 bits per heavy atom. The number of carboxylic acid groups (broad SMARTS) is 1. The van der Waals surface area contributed by atoms with Crippen molar-refractivity contribution in [2.75, 3.05) is 6.26 Å². The van der Waals surface area contributed by atoms with Gasteiger partial charge in [0.15, 0.2) is 0 Å². The fourth-order valence-corrected chi connectivity index (χ4v) is 2.13. The number of halogens is 1. The second-order valence-corrected chi connectivity index (χ2v) is 5.03. The number of carboxylic acids is 1. The van der Waals surface area contributed by atoms with E-state index in [9.17, 15) is 9.59 Å². The number of hydrogen-bond donors (Lipinski definition) is 1. The van der Waals surface area contributed by atoms with Crippen LogP contribution in [0.15, 0.2) is 23.1 Å². The molecule has 0 aliphatic rings. The van der Waals surface area contributed by atoms with E-state index in [1.165, 1.54) is 18.7 Å². The number of thioether (sulfide) groups is 1. The molecule has 1 atom stereocenters. The van der Waals surface area contributed by atoms with Gasteiger partial charge in [0.25, 0.3) is 0 Å². The number of carbonyl (C=O) groups is 2. The normalized spacial score (nSPS) is 12.2. The first-order chi connectivity index (χ1) is 7.47. The number of rotatable bonds is 4. The van der Waals surface area contributed by atoms with Gasteiger partial charge < -0.3 is 5.11 Å². The molecule has 1 aromatic rings. The molecule has 0 spiro atoms. The van der Waals surface area contributed by atoms with E-state index in [1.807, 2.05) is 12.3 Å². The molecule has 0 aliphatic carbocycles. The third-order valence-electron chi connectivity index (χ3n) is 2.12. The van der Waals surface area contributed by atoms with Crippen LogP contribution in [-0.2, 0) is 4.79 Å². The summed E-state index contributed by atoms with van der Waals surface area (Å²) < 4.78 is 0. The van der Waals surface area contributed by atoms with Gasteiger partial charge in [-0.3, -0.25) is 4.79 Å². The monoisotopic (exact) mass is 302 g/mol. The van der Waals surface area contributed by atoms with E-state index in [2.05, 4.69) is 15.9 Å². The Balaban J connectivity index is 3.28. The number of ketones is 1. The molecule has 0 bridgehead atoms. The lowest BCUT2D eigenvalue weighted by Crippen LogP contribution is -2.09. The van der Waals surface area contributed by atoms with Crippen molar-refractivity contribution in [1.82, 2.24) is 0 Å². The Labute approximate surface area is 106 Å². The first-order valence-electron chi connectivity index (χ1n) is 4.53. The average molecular weight is 303 g/mol. The molecule has 86 valence electrons. The summed E-state index contributed by atoms with van der Waals surface area (Å²) in [6, 6.07) is 5.07. The van der Waals surface area contributed by atoms with Crippen LogP contribution in [0.2, 0.25) is 0 Å². The van der Waals surface area contributed by atoms with Crippen molar-refractivity contribution in [3.05, 3.63) is 29.3 Å². The van der Waals surface area contributed by atoms with Crippen LogP contribution in [0.4, 0.5) is 0 Å². The maximum Gasteiger partial charge on any atom is 0.336 e. The molecule has 0 radical (unpaired) electrons. The SMILES string of the molecule is CSc1ccc(C(Br)C(C)=O)c(C(=O)O)c1. The van der Waals surface area contributed by atoms with Crippen LogP contribution in [0.1, 0.15) is 27.7 Å². The van der Waals surface area contributed by atoms with E-state index in [1.54, 1.807) is 12.1 Å². The van der Waals surface area contributed by atoms with Crippen LogP contribution < -0.4 is 0 Å². The van der Waals surface area contributed by atoms with Crippen molar-refractivity contribution >= 4 is 39.4 Å². The maximum atomic E-state index is 11.2. The zero-order valence-corrected chi connectivity index (χ0v) is 11.3. The highest BCUT2D eigenvalue weighted by Gasteiger charge is 2.20. The van der Waals surface area contributed by atoms with E-state index in [0.717, 1.165) is 4.90 Å². The molecular formula is C11H11BrO3S. The number of Topliss-reactive ketones (excluding diaryl/α,β-unsaturated/α-hetero) is 1. The molecule has 0 aliphatic heterocycles. The first kappa shape index (κ1) is 13.3. The second-order valence-electron chi connectivity index (χ2n) is 3.23. The van der Waals surface area contributed by atoms with Gasteiger partial charge in [-0.1, -0.05) is 22.0 Å². The van der Waals surface area contributed by atoms with Gasteiger partial charge in [-0.25, -0.2) is 4.79 Å². The predicted octanol–water partition coefficient (Wildman–Crippen LogP) is 3.13. The van der Waals surface area contributed by atoms with Gasteiger partial charge >= 0.3 is 5.97 Å². The lowest BCUT2D eigenvalue weighted by atomic mass is 10.0. The highest BCUT2D eigenvalue weighted by Crippen LogP contribution is 2.29. The molecule has 0 saturated carbocycles. The minimum Gasteiger partial charge on any atom is -0.478 e. The molecule has 0 fully saturated rings. The number of hydrogen-bond acceptors (Lipinski definition) is 3. The number of alkyl halides is 1. The third kappa shape index (κ3) is 2.86. The Hall–Kier alpha value is -0.810. The van der Waals surface area contributed by atoms with Crippen LogP contribution in [0.3, 0.4) is 0 Å². The van der Waals surface area contributed by atoms with Crippen LogP contribution in [0.5, 0.6) is 0 Å². The lowest BCUT2D eigenvalue weighted by Gasteiger charge is -2.11. The molecule has 16 heavy (non-hydrogen) atoms. The minimum atomic E-state index is -1.02. The Morgan fingerprint density at radius 1 is 1.44 bits per heavy atom. The highest BCUT2D eigenvalue weighted by atomic mass is 79.9. The van der Waals surface area contributed by atoms with Crippen molar-refractivity contribution in [2.24, 2.45) is 0 Å². The molecular weight excluding hydrogens is 292 g/mol. The van der Waals surface area contributed by atoms with Crippen LogP contribution >= 0.6 is 27.7 Å². The predicted molar refractivity (Wildman–Crippen MR) is 67.5 cm³/mol. The fourth-order valence-electron chi connectivity index (χ4n) is 1.29. The molecule has 1 aromatic carbocycles. The van der Waals surface area contributed by atoms with Gasteiger partial charge in [-0.05, 0) is 30.9 Å². The molecule has 0 amide bonds. The van der Waals surface area contributed by atoms with Gasteiger partial charge in [0.2, 0.25) is 0 Å². The molecule has 0 heterocycles. The summed E-state index contributed by atoms with van der Waals surface area (Å²) in [5.74, 6) is -1.13. The van der Waals surface area contributed by atoms with Crippen molar-refractivity contribution in [3.8, 4) is 0 Å². The number of aromatic carboxylic acids is 1. The summed E-state index contributed by atoms with van der Waals surface area (Å²) in [6.07, 6.45) is 1.87. The summed E-state index contributed by atoms with van der Waals surface area (Å²) in [5.41, 5.74) is 0.668. The molecule has 1 rings (SSSR count). The largest absolute Gasteiger partial charge is 0.478 e. The van der Waals surface area contributed by atoms with E-state index in [-0.39, 0.29) is 11.3 Å². The van der Waals surface area contributed by atoms with Crippen molar-refractivity contribution in [3.63, 3.8) is 0 Å². The fraction of sp³-hybridized carbons (Fsp3) is 0.273. The van der Waals surface area contributed by atoms with Crippen LogP contribution in [-0.4, -0.2) is 23.1 Å². The van der Waals surface area contributed by atoms with E-state index in [0.29, 0.717) is 5.56 Å². The van der Waals surface area contributed by atoms with Gasteiger partial charge in [0, 0.05) is 4.90 Å². The van der Waals surface area contributed by atoms with Crippen molar-refractivity contribution in [2.45, 2.75) is 16.6 Å². The molecule has 3 nitrogen and oxygen atoms in total. The molecule has 0 aromatic heterocycles. The molecule has 1 N–H and O–H groups in total. The summed E-state index contributed by atoms with van der Waals surface area (Å²) in [7, 11) is 0. The molecule has 5 heteroatoms. The van der Waals surface area contributed by atoms with Crippen molar-refractivity contribution in [1.29, 1.82) is 0 Å². The summed E-state index contributed by atoms with van der Waals surface area (Å²) in [6.45, 7) is 1.42. The highest BCUT2D eigenvalue weighted by molar-refractivity contribution is 9.09. The Bertz CT molecular complexity index is 431. The summed E-state index contributed by atoms with van der Waals surface area (Å²) in [5, 5.41) is 9.07. The van der Waals surface area contributed by atoms with Crippen LogP contribution in [0.25, 0.3) is 0 Å². The van der Waals surface area contributed by atoms with E-state index >= 15 is 0 Å². The first-order valence-corrected chi connectivity index (χ1v) is 6.67. The quantitative estimate of drug-likeness (QED) is 0.686. The van der Waals surface area contributed by atoms with Gasteiger partial charge in [0.05, 0.1) is 10.4 Å². The third-order valence-corrected chi connectivity index (χ3v) is 3.98. The standard InChI is InChI=1S/C11H11BrO3S/c1-6(13)10(12)8-4-3-7(16-2)5-9(8)11(14)15/h3-5,10H,1-2H3,(H,14,15). The van der Waals surface area contributed by atoms with E-state index < -0.39 is 10.8 Å². The number of benzene rings is 1. The Kier molecular flexibility index (Phi) is 4.56. The number of carbonyl (C=O) groups excluding carboxylic acids is 1. The minimum absolute atomic E-state index is 0.112. The average Bonchev–Trinajstić information content (AvgIpc) is 2.26. The van der Waals surface area contributed by atoms with Crippen LogP contribution in [0, 0.1) is 0 Å². The second kappa shape index (κ2) is 5.50. The van der Waals surface area contributed by atoms with Gasteiger partial charge in [-0.15, -0.1) is 11.8 Å². The van der Waals surface area contributed by atoms with Gasteiger partial charge in [0.1, 0.15) is 5.78 Å². The zero-order chi connectivity index (χ0) is 12.3. The summed E-state index contributed by atoms with van der Waals surface area (Å²) >= 11 is 4.66. The Morgan fingerprint density at radius 3 is 2.50 bits per heavy atom. The van der Waals surface area contributed by atoms with Gasteiger partial charge in [-0.2, -0.15) is 0 Å². The molecule has 0 saturated heterocycles. The molecule has 1 unspecified atom stereocenters. The summed E-state index contributed by atoms with van der Waals surface area (Å²) in [4.78, 5) is 22.6. The zero-order valence-electron chi connectivity index (χ0n) is 8.86. The smallest absolute Gasteiger partial charge is 0.336 e. The topological polar surface area (TPSA) is 54.4 Å². The van der Waals surface area contributed by atoms with Crippen molar-refractivity contribution < 1.29 is 14.7 Å².